The third-order valence-corrected chi connectivity index (χ3v) is 6.43. The first kappa shape index (κ1) is 21.6. The molecule has 0 bridgehead atoms. The van der Waals surface area contributed by atoms with Gasteiger partial charge in [-0.05, 0) is 58.1 Å². The Morgan fingerprint density at radius 1 is 1.23 bits per heavy atom. The largest absolute Gasteiger partial charge is 0.469 e. The van der Waals surface area contributed by atoms with E-state index in [-0.39, 0.29) is 24.0 Å². The zero-order valence-electron chi connectivity index (χ0n) is 19.1. The zero-order chi connectivity index (χ0) is 22.3. The molecule has 2 atom stereocenters. The highest BCUT2D eigenvalue weighted by atomic mass is 16.6. The maximum Gasteiger partial charge on any atom is 0.419 e. The van der Waals surface area contributed by atoms with Crippen LogP contribution in [-0.2, 0) is 20.7 Å². The van der Waals surface area contributed by atoms with E-state index in [4.69, 9.17) is 9.47 Å². The van der Waals surface area contributed by atoms with Crippen LogP contribution in [0.5, 0.6) is 0 Å². The highest BCUT2D eigenvalue weighted by Crippen LogP contribution is 2.45. The van der Waals surface area contributed by atoms with Gasteiger partial charge in [0.2, 0.25) is 0 Å². The summed E-state index contributed by atoms with van der Waals surface area (Å²) in [6, 6.07) is 8.13. The van der Waals surface area contributed by atoms with Crippen LogP contribution in [0.2, 0.25) is 0 Å². The molecule has 6 nitrogen and oxygen atoms in total. The Labute approximate surface area is 183 Å². The van der Waals surface area contributed by atoms with Gasteiger partial charge in [-0.3, -0.25) is 9.69 Å². The third kappa shape index (κ3) is 4.01. The van der Waals surface area contributed by atoms with Crippen molar-refractivity contribution in [2.75, 3.05) is 20.2 Å². The summed E-state index contributed by atoms with van der Waals surface area (Å²) in [6.45, 7) is 9.44. The van der Waals surface area contributed by atoms with Gasteiger partial charge in [-0.2, -0.15) is 0 Å². The second-order valence-electron chi connectivity index (χ2n) is 9.51. The molecule has 0 unspecified atom stereocenters. The lowest BCUT2D eigenvalue weighted by Gasteiger charge is -2.44. The van der Waals surface area contributed by atoms with Crippen LogP contribution in [0, 0.1) is 5.92 Å². The zero-order valence-corrected chi connectivity index (χ0v) is 19.1. The lowest BCUT2D eigenvalue weighted by molar-refractivity contribution is -0.141. The van der Waals surface area contributed by atoms with Crippen LogP contribution in [0.4, 0.5) is 4.79 Å². The van der Waals surface area contributed by atoms with Crippen molar-refractivity contribution >= 4 is 23.0 Å². The number of esters is 1. The number of ether oxygens (including phenoxy) is 2. The molecule has 2 aliphatic rings. The maximum absolute atomic E-state index is 13.3. The molecule has 0 radical (unpaired) electrons. The number of nitrogens with zero attached hydrogens (tertiary/aromatic N) is 2. The molecule has 4 rings (SSSR count). The predicted octanol–water partition coefficient (Wildman–Crippen LogP) is 4.85. The number of hydrogen-bond donors (Lipinski definition) is 0. The fraction of sp³-hybridized carbons (Fsp3) is 0.520. The van der Waals surface area contributed by atoms with Crippen molar-refractivity contribution < 1.29 is 19.1 Å². The maximum atomic E-state index is 13.3. The summed E-state index contributed by atoms with van der Waals surface area (Å²) >= 11 is 0. The molecule has 31 heavy (non-hydrogen) atoms. The number of methoxy groups -OCH3 is 1. The van der Waals surface area contributed by atoms with E-state index in [9.17, 15) is 9.59 Å². The number of rotatable bonds is 2. The molecule has 1 aromatic carbocycles. The summed E-state index contributed by atoms with van der Waals surface area (Å²) in [5.74, 6) is -0.0868. The molecule has 1 saturated heterocycles. The molecule has 2 aliphatic heterocycles. The lowest BCUT2D eigenvalue weighted by atomic mass is 9.80. The molecule has 0 amide bonds. The Bertz CT molecular complexity index is 1040. The number of carbonyl (C=O) groups excluding carboxylic acids is 2. The number of piperidine rings is 1. The van der Waals surface area contributed by atoms with Crippen LogP contribution < -0.4 is 0 Å². The molecule has 1 fully saturated rings. The standard InChI is InChI=1S/C25H32N2O4/c1-6-16-15-26-12-11-19-18-9-7-8-10-20(18)27(24(29)31-25(2,3)4)23(19)21(26)13-17(16)14-22(28)30-5/h6-10,17,21H,11-15H2,1-5H3/b16-6-/t17-,21-/m0/s1. The SMILES string of the molecule is C/C=C1/CN2CCc3c(n(C(=O)OC(C)(C)C)c4ccccc34)[C@@H]2C[C@H]1CC(=O)OC. The number of fused-ring (bicyclic) bond motifs is 5. The van der Waals surface area contributed by atoms with Crippen LogP contribution in [0.3, 0.4) is 0 Å². The lowest BCUT2D eigenvalue weighted by Crippen LogP contribution is -2.44. The minimum Gasteiger partial charge on any atom is -0.469 e. The van der Waals surface area contributed by atoms with Gasteiger partial charge in [0, 0.05) is 18.5 Å². The van der Waals surface area contributed by atoms with Crippen molar-refractivity contribution in [1.29, 1.82) is 0 Å². The van der Waals surface area contributed by atoms with Gasteiger partial charge in [0.1, 0.15) is 5.60 Å². The Hall–Kier alpha value is -2.60. The van der Waals surface area contributed by atoms with Crippen LogP contribution in [0.25, 0.3) is 10.9 Å². The van der Waals surface area contributed by atoms with Gasteiger partial charge in [-0.15, -0.1) is 0 Å². The highest BCUT2D eigenvalue weighted by molar-refractivity contribution is 5.94. The molecule has 0 spiro atoms. The molecule has 0 aliphatic carbocycles. The highest BCUT2D eigenvalue weighted by Gasteiger charge is 2.41. The number of carbonyl (C=O) groups is 2. The number of para-hydroxylation sites is 1. The van der Waals surface area contributed by atoms with Crippen LogP contribution >= 0.6 is 0 Å². The van der Waals surface area contributed by atoms with Crippen LogP contribution in [0.1, 0.15) is 57.8 Å². The Morgan fingerprint density at radius 2 is 1.97 bits per heavy atom. The number of allylic oxidation sites excluding steroid dienone is 1. The van der Waals surface area contributed by atoms with E-state index in [0.717, 1.165) is 42.5 Å². The van der Waals surface area contributed by atoms with Gasteiger partial charge in [-0.25, -0.2) is 9.36 Å². The number of hydrogen-bond acceptors (Lipinski definition) is 5. The predicted molar refractivity (Wildman–Crippen MR) is 120 cm³/mol. The average Bonchev–Trinajstić information content (AvgIpc) is 3.07. The van der Waals surface area contributed by atoms with Gasteiger partial charge < -0.3 is 9.47 Å². The average molecular weight is 425 g/mol. The first-order valence-electron chi connectivity index (χ1n) is 11.0. The fourth-order valence-electron chi connectivity index (χ4n) is 5.09. The molecule has 0 saturated carbocycles. The second-order valence-corrected chi connectivity index (χ2v) is 9.51. The Balaban J connectivity index is 1.82. The first-order chi connectivity index (χ1) is 14.7. The topological polar surface area (TPSA) is 60.8 Å². The van der Waals surface area contributed by atoms with Gasteiger partial charge >= 0.3 is 12.1 Å². The summed E-state index contributed by atoms with van der Waals surface area (Å²) in [5.41, 5.74) is 3.83. The van der Waals surface area contributed by atoms with Crippen molar-refractivity contribution in [3.8, 4) is 0 Å². The molecular weight excluding hydrogens is 392 g/mol. The summed E-state index contributed by atoms with van der Waals surface area (Å²) in [6.07, 6.45) is 3.82. The fourth-order valence-corrected chi connectivity index (χ4v) is 5.09. The first-order valence-corrected chi connectivity index (χ1v) is 11.0. The van der Waals surface area contributed by atoms with E-state index < -0.39 is 5.60 Å². The minimum atomic E-state index is -0.582. The van der Waals surface area contributed by atoms with E-state index in [2.05, 4.69) is 17.0 Å². The molecule has 0 N–H and O–H groups in total. The van der Waals surface area contributed by atoms with Gasteiger partial charge in [0.15, 0.2) is 0 Å². The van der Waals surface area contributed by atoms with E-state index in [1.54, 1.807) is 4.57 Å². The van der Waals surface area contributed by atoms with E-state index in [0.29, 0.717) is 6.42 Å². The van der Waals surface area contributed by atoms with E-state index in [1.807, 2.05) is 45.9 Å². The summed E-state index contributed by atoms with van der Waals surface area (Å²) in [5, 5.41) is 1.12. The van der Waals surface area contributed by atoms with Gasteiger partial charge in [-0.1, -0.05) is 29.8 Å². The normalized spacial score (nSPS) is 22.8. The second kappa shape index (κ2) is 8.15. The minimum absolute atomic E-state index is 0.0574. The van der Waals surface area contributed by atoms with Crippen LogP contribution in [0.15, 0.2) is 35.9 Å². The van der Waals surface area contributed by atoms with Crippen LogP contribution in [-0.4, -0.2) is 47.3 Å². The molecule has 3 heterocycles. The van der Waals surface area contributed by atoms with Crippen molar-refractivity contribution in [3.05, 3.63) is 47.2 Å². The van der Waals surface area contributed by atoms with Gasteiger partial charge in [0.25, 0.3) is 0 Å². The molecule has 1 aromatic heterocycles. The van der Waals surface area contributed by atoms with Crippen molar-refractivity contribution in [2.24, 2.45) is 5.92 Å². The van der Waals surface area contributed by atoms with Gasteiger partial charge in [0.05, 0.1) is 30.8 Å². The Morgan fingerprint density at radius 3 is 2.65 bits per heavy atom. The van der Waals surface area contributed by atoms with Crippen molar-refractivity contribution in [1.82, 2.24) is 9.47 Å². The quantitative estimate of drug-likeness (QED) is 0.509. The number of benzene rings is 1. The third-order valence-electron chi connectivity index (χ3n) is 6.43. The number of aromatic nitrogens is 1. The molecule has 2 aromatic rings. The molecular formula is C25H32N2O4. The smallest absolute Gasteiger partial charge is 0.419 e. The summed E-state index contributed by atoms with van der Waals surface area (Å²) < 4.78 is 12.5. The molecule has 6 heteroatoms. The molecule has 166 valence electrons. The monoisotopic (exact) mass is 424 g/mol. The van der Waals surface area contributed by atoms with E-state index >= 15 is 0 Å². The van der Waals surface area contributed by atoms with E-state index in [1.165, 1.54) is 18.2 Å². The van der Waals surface area contributed by atoms with Crippen molar-refractivity contribution in [2.45, 2.75) is 58.6 Å². The Kier molecular flexibility index (Phi) is 5.69. The van der Waals surface area contributed by atoms with Crippen molar-refractivity contribution in [3.63, 3.8) is 0 Å². The summed E-state index contributed by atoms with van der Waals surface area (Å²) in [4.78, 5) is 27.9. The summed E-state index contributed by atoms with van der Waals surface area (Å²) in [7, 11) is 1.44.